The first kappa shape index (κ1) is 19.9. The smallest absolute Gasteiger partial charge is 0.228 e. The molecule has 0 saturated heterocycles. The lowest BCUT2D eigenvalue weighted by Gasteiger charge is -2.22. The van der Waals surface area contributed by atoms with E-state index in [0.29, 0.717) is 5.92 Å². The van der Waals surface area contributed by atoms with E-state index in [0.717, 1.165) is 23.1 Å². The first-order valence-electron chi connectivity index (χ1n) is 10.0. The Hall–Kier alpha value is -2.87. The maximum atomic E-state index is 13.1. The molecule has 28 heavy (non-hydrogen) atoms. The molecule has 0 heterocycles. The number of amides is 1. The molecule has 144 valence electrons. The fraction of sp³-hybridized carbons (Fsp3) is 0.269. The normalized spacial score (nSPS) is 12.2. The van der Waals surface area contributed by atoms with Gasteiger partial charge in [-0.2, -0.15) is 0 Å². The fourth-order valence-corrected chi connectivity index (χ4v) is 3.48. The molecule has 0 aliphatic heterocycles. The van der Waals surface area contributed by atoms with E-state index in [2.05, 4.69) is 67.7 Å². The van der Waals surface area contributed by atoms with Gasteiger partial charge in [0.1, 0.15) is 0 Å². The van der Waals surface area contributed by atoms with Gasteiger partial charge in [-0.1, -0.05) is 98.8 Å². The van der Waals surface area contributed by atoms with Gasteiger partial charge in [-0.05, 0) is 41.5 Å². The molecular weight excluding hydrogens is 342 g/mol. The Morgan fingerprint density at radius 1 is 0.714 bits per heavy atom. The minimum atomic E-state index is -0.206. The largest absolute Gasteiger partial charge is 0.345 e. The number of benzene rings is 3. The average molecular weight is 372 g/mol. The van der Waals surface area contributed by atoms with E-state index in [9.17, 15) is 4.79 Å². The van der Waals surface area contributed by atoms with Crippen LogP contribution >= 0.6 is 0 Å². The predicted molar refractivity (Wildman–Crippen MR) is 116 cm³/mol. The van der Waals surface area contributed by atoms with Gasteiger partial charge < -0.3 is 5.32 Å². The lowest BCUT2D eigenvalue weighted by atomic mass is 9.94. The third kappa shape index (κ3) is 5.10. The van der Waals surface area contributed by atoms with Crippen LogP contribution in [-0.4, -0.2) is 5.91 Å². The summed E-state index contributed by atoms with van der Waals surface area (Å²) in [5.74, 6) is 0.460. The first-order valence-corrected chi connectivity index (χ1v) is 10.0. The standard InChI is InChI=1S/C26H29NO/c1-19(2)18-21-14-16-22(17-15-21)20(3)26(28)27-25(23-10-6-4-7-11-23)24-12-8-5-9-13-24/h4-17,19-20,25H,18H2,1-3H3,(H,27,28)/t20-/m1/s1. The molecule has 0 bridgehead atoms. The third-order valence-electron chi connectivity index (χ3n) is 5.07. The Balaban J connectivity index is 1.78. The van der Waals surface area contributed by atoms with Gasteiger partial charge in [0, 0.05) is 0 Å². The van der Waals surface area contributed by atoms with Crippen molar-refractivity contribution in [1.82, 2.24) is 5.32 Å². The van der Waals surface area contributed by atoms with Crippen LogP contribution < -0.4 is 5.32 Å². The molecule has 3 aromatic carbocycles. The summed E-state index contributed by atoms with van der Waals surface area (Å²) in [6, 6.07) is 28.6. The van der Waals surface area contributed by atoms with Crippen molar-refractivity contribution in [2.45, 2.75) is 39.2 Å². The van der Waals surface area contributed by atoms with Crippen molar-refractivity contribution in [2.75, 3.05) is 0 Å². The molecule has 0 saturated carbocycles. The van der Waals surface area contributed by atoms with Gasteiger partial charge >= 0.3 is 0 Å². The monoisotopic (exact) mass is 371 g/mol. The van der Waals surface area contributed by atoms with Gasteiger partial charge in [0.05, 0.1) is 12.0 Å². The lowest BCUT2D eigenvalue weighted by molar-refractivity contribution is -0.122. The van der Waals surface area contributed by atoms with Crippen molar-refractivity contribution >= 4 is 5.91 Å². The van der Waals surface area contributed by atoms with Crippen LogP contribution in [0.3, 0.4) is 0 Å². The summed E-state index contributed by atoms with van der Waals surface area (Å²) in [7, 11) is 0. The molecule has 0 unspecified atom stereocenters. The van der Waals surface area contributed by atoms with Crippen molar-refractivity contribution in [3.63, 3.8) is 0 Å². The van der Waals surface area contributed by atoms with E-state index in [4.69, 9.17) is 0 Å². The number of hydrogen-bond donors (Lipinski definition) is 1. The van der Waals surface area contributed by atoms with E-state index >= 15 is 0 Å². The summed E-state index contributed by atoms with van der Waals surface area (Å²) in [5.41, 5.74) is 4.53. The average Bonchev–Trinajstić information content (AvgIpc) is 2.72. The first-order chi connectivity index (χ1) is 13.5. The zero-order chi connectivity index (χ0) is 19.9. The van der Waals surface area contributed by atoms with Gasteiger partial charge in [-0.15, -0.1) is 0 Å². The van der Waals surface area contributed by atoms with Crippen LogP contribution in [0.1, 0.15) is 55.0 Å². The van der Waals surface area contributed by atoms with Crippen LogP contribution in [0.4, 0.5) is 0 Å². The number of hydrogen-bond acceptors (Lipinski definition) is 1. The van der Waals surface area contributed by atoms with Crippen LogP contribution in [0.2, 0.25) is 0 Å². The fourth-order valence-electron chi connectivity index (χ4n) is 3.48. The van der Waals surface area contributed by atoms with Gasteiger partial charge in [0.2, 0.25) is 5.91 Å². The van der Waals surface area contributed by atoms with Crippen LogP contribution in [-0.2, 0) is 11.2 Å². The maximum absolute atomic E-state index is 13.1. The molecule has 1 atom stereocenters. The van der Waals surface area contributed by atoms with Gasteiger partial charge in [0.15, 0.2) is 0 Å². The molecule has 2 heteroatoms. The maximum Gasteiger partial charge on any atom is 0.228 e. The molecular formula is C26H29NO. The molecule has 0 fully saturated rings. The summed E-state index contributed by atoms with van der Waals surface area (Å²) in [6.45, 7) is 6.41. The van der Waals surface area contributed by atoms with Crippen molar-refractivity contribution in [3.8, 4) is 0 Å². The van der Waals surface area contributed by atoms with Crippen LogP contribution in [0.15, 0.2) is 84.9 Å². The summed E-state index contributed by atoms with van der Waals surface area (Å²) in [5, 5.41) is 3.26. The molecule has 0 aliphatic carbocycles. The second-order valence-corrected chi connectivity index (χ2v) is 7.82. The highest BCUT2D eigenvalue weighted by molar-refractivity contribution is 5.84. The highest BCUT2D eigenvalue weighted by Gasteiger charge is 2.21. The molecule has 2 nitrogen and oxygen atoms in total. The minimum absolute atomic E-state index is 0.0364. The Bertz CT molecular complexity index is 830. The van der Waals surface area contributed by atoms with E-state index in [1.54, 1.807) is 0 Å². The summed E-state index contributed by atoms with van der Waals surface area (Å²) >= 11 is 0. The highest BCUT2D eigenvalue weighted by atomic mass is 16.1. The number of carbonyl (C=O) groups excluding carboxylic acids is 1. The topological polar surface area (TPSA) is 29.1 Å². The molecule has 3 aromatic rings. The predicted octanol–water partition coefficient (Wildman–Crippen LogP) is 5.89. The Morgan fingerprint density at radius 2 is 1.21 bits per heavy atom. The summed E-state index contributed by atoms with van der Waals surface area (Å²) in [4.78, 5) is 13.1. The Labute approximate surface area is 168 Å². The molecule has 0 aliphatic rings. The molecule has 1 N–H and O–H groups in total. The Kier molecular flexibility index (Phi) is 6.65. The summed E-state index contributed by atoms with van der Waals surface area (Å²) in [6.07, 6.45) is 1.06. The molecule has 0 radical (unpaired) electrons. The van der Waals surface area contributed by atoms with E-state index in [1.165, 1.54) is 5.56 Å². The number of carbonyl (C=O) groups is 1. The molecule has 3 rings (SSSR count). The van der Waals surface area contributed by atoms with Crippen molar-refractivity contribution in [1.29, 1.82) is 0 Å². The molecule has 0 spiro atoms. The minimum Gasteiger partial charge on any atom is -0.345 e. The van der Waals surface area contributed by atoms with Gasteiger partial charge in [-0.3, -0.25) is 4.79 Å². The van der Waals surface area contributed by atoms with Gasteiger partial charge in [0.25, 0.3) is 0 Å². The SMILES string of the molecule is CC(C)Cc1ccc([C@@H](C)C(=O)NC(c2ccccc2)c2ccccc2)cc1. The van der Waals surface area contributed by atoms with Crippen molar-refractivity contribution in [3.05, 3.63) is 107 Å². The van der Waals surface area contributed by atoms with E-state index in [1.807, 2.05) is 43.3 Å². The zero-order valence-electron chi connectivity index (χ0n) is 16.9. The van der Waals surface area contributed by atoms with Gasteiger partial charge in [-0.25, -0.2) is 0 Å². The lowest BCUT2D eigenvalue weighted by Crippen LogP contribution is -2.32. The second kappa shape index (κ2) is 9.36. The van der Waals surface area contributed by atoms with Crippen LogP contribution in [0.5, 0.6) is 0 Å². The van der Waals surface area contributed by atoms with Crippen LogP contribution in [0.25, 0.3) is 0 Å². The Morgan fingerprint density at radius 3 is 1.68 bits per heavy atom. The second-order valence-electron chi connectivity index (χ2n) is 7.82. The van der Waals surface area contributed by atoms with E-state index in [-0.39, 0.29) is 17.9 Å². The van der Waals surface area contributed by atoms with Crippen molar-refractivity contribution < 1.29 is 4.79 Å². The quantitative estimate of drug-likeness (QED) is 0.551. The number of nitrogens with one attached hydrogen (secondary N) is 1. The molecule has 0 aromatic heterocycles. The third-order valence-corrected chi connectivity index (χ3v) is 5.07. The summed E-state index contributed by atoms with van der Waals surface area (Å²) < 4.78 is 0. The zero-order valence-corrected chi connectivity index (χ0v) is 16.9. The van der Waals surface area contributed by atoms with Crippen molar-refractivity contribution in [2.24, 2.45) is 5.92 Å². The van der Waals surface area contributed by atoms with Crippen LogP contribution in [0, 0.1) is 5.92 Å². The van der Waals surface area contributed by atoms with E-state index < -0.39 is 0 Å². The number of rotatable bonds is 7. The highest BCUT2D eigenvalue weighted by Crippen LogP contribution is 2.24. The molecule has 1 amide bonds.